The minimum atomic E-state index is -0.112. The summed E-state index contributed by atoms with van der Waals surface area (Å²) >= 11 is 0. The summed E-state index contributed by atoms with van der Waals surface area (Å²) in [5, 5.41) is 0. The Hall–Kier alpha value is -2.42. The van der Waals surface area contributed by atoms with Crippen molar-refractivity contribution in [3.63, 3.8) is 0 Å². The second-order valence-electron chi connectivity index (χ2n) is 5.17. The zero-order valence-corrected chi connectivity index (χ0v) is 11.7. The maximum atomic E-state index is 12.6. The summed E-state index contributed by atoms with van der Waals surface area (Å²) in [5.74, 6) is -0.205. The Morgan fingerprint density at radius 1 is 0.900 bits per heavy atom. The van der Waals surface area contributed by atoms with Gasteiger partial charge in [-0.3, -0.25) is 9.59 Å². The number of allylic oxidation sites excluding steroid dienone is 2. The molecule has 1 heterocycles. The van der Waals surface area contributed by atoms with Crippen LogP contribution in [0.1, 0.15) is 43.2 Å². The highest BCUT2D eigenvalue weighted by atomic mass is 16.1. The number of hydrogen-bond donors (Lipinski definition) is 1. The van der Waals surface area contributed by atoms with Crippen LogP contribution in [0.2, 0.25) is 0 Å². The fourth-order valence-corrected chi connectivity index (χ4v) is 2.61. The molecule has 0 unspecified atom stereocenters. The number of benzene rings is 1. The zero-order valence-electron chi connectivity index (χ0n) is 11.7. The lowest BCUT2D eigenvalue weighted by atomic mass is 9.87. The first-order chi connectivity index (χ1) is 9.50. The lowest BCUT2D eigenvalue weighted by molar-refractivity contribution is 0.100. The van der Waals surface area contributed by atoms with E-state index in [1.165, 1.54) is 6.08 Å². The van der Waals surface area contributed by atoms with Crippen molar-refractivity contribution in [3.05, 3.63) is 64.0 Å². The molecule has 0 saturated carbocycles. The van der Waals surface area contributed by atoms with Gasteiger partial charge in [-0.1, -0.05) is 24.3 Å². The van der Waals surface area contributed by atoms with Gasteiger partial charge < -0.3 is 4.98 Å². The van der Waals surface area contributed by atoms with E-state index in [9.17, 15) is 9.59 Å². The topological polar surface area (TPSA) is 49.9 Å². The summed E-state index contributed by atoms with van der Waals surface area (Å²) in [6.07, 6.45) is 1.45. The first-order valence-electron chi connectivity index (χ1n) is 6.56. The number of nitrogens with one attached hydrogen (secondary N) is 1. The first kappa shape index (κ1) is 12.6. The van der Waals surface area contributed by atoms with Crippen molar-refractivity contribution in [2.24, 2.45) is 0 Å². The molecular weight excluding hydrogens is 250 g/mol. The molecule has 0 bridgehead atoms. The Balaban J connectivity index is 2.20. The third-order valence-corrected chi connectivity index (χ3v) is 4.04. The number of fused-ring (bicyclic) bond motifs is 1. The van der Waals surface area contributed by atoms with Crippen LogP contribution in [0.25, 0.3) is 5.57 Å². The lowest BCUT2D eigenvalue weighted by Crippen LogP contribution is -2.16. The van der Waals surface area contributed by atoms with Crippen LogP contribution in [-0.2, 0) is 0 Å². The molecule has 0 saturated heterocycles. The highest BCUT2D eigenvalue weighted by Crippen LogP contribution is 2.30. The molecule has 3 rings (SSSR count). The lowest BCUT2D eigenvalue weighted by Gasteiger charge is -2.14. The molecule has 100 valence electrons. The van der Waals surface area contributed by atoms with Crippen LogP contribution in [0, 0.1) is 20.8 Å². The molecule has 1 N–H and O–H groups in total. The average Bonchev–Trinajstić information content (AvgIpc) is 2.70. The van der Waals surface area contributed by atoms with Crippen LogP contribution in [-0.4, -0.2) is 16.6 Å². The average molecular weight is 265 g/mol. The zero-order chi connectivity index (χ0) is 14.4. The van der Waals surface area contributed by atoms with E-state index >= 15 is 0 Å². The van der Waals surface area contributed by atoms with Crippen LogP contribution in [0.15, 0.2) is 30.3 Å². The van der Waals surface area contributed by atoms with Gasteiger partial charge in [-0.15, -0.1) is 0 Å². The van der Waals surface area contributed by atoms with E-state index in [1.54, 1.807) is 24.3 Å². The quantitative estimate of drug-likeness (QED) is 0.859. The molecule has 0 amide bonds. The summed E-state index contributed by atoms with van der Waals surface area (Å²) in [6.45, 7) is 5.94. The molecule has 1 aliphatic carbocycles. The number of ketones is 2. The molecule has 1 aliphatic rings. The summed E-state index contributed by atoms with van der Waals surface area (Å²) in [7, 11) is 0. The molecule has 2 aromatic rings. The van der Waals surface area contributed by atoms with Gasteiger partial charge in [-0.2, -0.15) is 0 Å². The largest absolute Gasteiger partial charge is 0.358 e. The second kappa shape index (κ2) is 4.30. The van der Waals surface area contributed by atoms with Gasteiger partial charge in [0, 0.05) is 16.8 Å². The van der Waals surface area contributed by atoms with Crippen molar-refractivity contribution in [1.29, 1.82) is 0 Å². The molecule has 1 aromatic heterocycles. The minimum absolute atomic E-state index is 0.0930. The Kier molecular flexibility index (Phi) is 2.71. The highest BCUT2D eigenvalue weighted by Gasteiger charge is 2.28. The van der Waals surface area contributed by atoms with Gasteiger partial charge in [-0.05, 0) is 38.0 Å². The molecule has 1 aromatic carbocycles. The molecular formula is C17H15NO2. The van der Waals surface area contributed by atoms with E-state index in [0.717, 1.165) is 22.5 Å². The smallest absolute Gasteiger partial charge is 0.196 e. The van der Waals surface area contributed by atoms with Gasteiger partial charge in [0.1, 0.15) is 0 Å². The number of aromatic nitrogens is 1. The molecule has 20 heavy (non-hydrogen) atoms. The van der Waals surface area contributed by atoms with E-state index in [2.05, 4.69) is 4.98 Å². The van der Waals surface area contributed by atoms with Crippen LogP contribution >= 0.6 is 0 Å². The van der Waals surface area contributed by atoms with Gasteiger partial charge in [0.2, 0.25) is 0 Å². The minimum Gasteiger partial charge on any atom is -0.358 e. The number of rotatable bonds is 1. The van der Waals surface area contributed by atoms with Crippen LogP contribution in [0.4, 0.5) is 0 Å². The number of Topliss-reactive ketones (excluding diaryl/α,β-unsaturated/α-hetero) is 1. The molecule has 3 heteroatoms. The Labute approximate surface area is 117 Å². The number of aromatic amines is 1. The molecule has 0 fully saturated rings. The summed E-state index contributed by atoms with van der Waals surface area (Å²) in [5.41, 5.74) is 5.36. The number of carbonyl (C=O) groups excluding carboxylic acids is 2. The third kappa shape index (κ3) is 1.67. The van der Waals surface area contributed by atoms with Crippen molar-refractivity contribution in [3.8, 4) is 0 Å². The number of hydrogen-bond acceptors (Lipinski definition) is 2. The number of carbonyl (C=O) groups is 2. The molecule has 0 aliphatic heterocycles. The molecule has 3 nitrogen and oxygen atoms in total. The van der Waals surface area contributed by atoms with E-state index in [4.69, 9.17) is 0 Å². The summed E-state index contributed by atoms with van der Waals surface area (Å²) in [6, 6.07) is 6.96. The normalized spacial score (nSPS) is 14.2. The van der Waals surface area contributed by atoms with Crippen molar-refractivity contribution in [2.75, 3.05) is 0 Å². The summed E-state index contributed by atoms with van der Waals surface area (Å²) < 4.78 is 0. The fraction of sp³-hybridized carbons (Fsp3) is 0.176. The predicted molar refractivity (Wildman–Crippen MR) is 78.1 cm³/mol. The Morgan fingerprint density at radius 2 is 1.55 bits per heavy atom. The first-order valence-corrected chi connectivity index (χ1v) is 6.56. The standard InChI is InChI=1S/C17H15NO2/c1-9-10(2)16(18-11(9)3)14-8-15(19)12-6-4-5-7-13(12)17(14)20/h4-8,18H,1-3H3. The van der Waals surface area contributed by atoms with Gasteiger partial charge in [0.25, 0.3) is 0 Å². The number of H-pyrrole nitrogens is 1. The van der Waals surface area contributed by atoms with Crippen LogP contribution < -0.4 is 0 Å². The van der Waals surface area contributed by atoms with Gasteiger partial charge in [0.05, 0.1) is 11.3 Å². The van der Waals surface area contributed by atoms with Crippen molar-refractivity contribution in [2.45, 2.75) is 20.8 Å². The molecule has 0 atom stereocenters. The third-order valence-electron chi connectivity index (χ3n) is 4.04. The van der Waals surface area contributed by atoms with E-state index in [1.807, 2.05) is 20.8 Å². The van der Waals surface area contributed by atoms with E-state index < -0.39 is 0 Å². The molecule has 0 spiro atoms. The van der Waals surface area contributed by atoms with E-state index in [-0.39, 0.29) is 11.6 Å². The maximum absolute atomic E-state index is 12.6. The van der Waals surface area contributed by atoms with Crippen molar-refractivity contribution in [1.82, 2.24) is 4.98 Å². The second-order valence-corrected chi connectivity index (χ2v) is 5.17. The highest BCUT2D eigenvalue weighted by molar-refractivity contribution is 6.38. The Bertz CT molecular complexity index is 778. The van der Waals surface area contributed by atoms with Gasteiger partial charge in [0.15, 0.2) is 11.6 Å². The monoisotopic (exact) mass is 265 g/mol. The van der Waals surface area contributed by atoms with Crippen molar-refractivity contribution < 1.29 is 9.59 Å². The molecule has 0 radical (unpaired) electrons. The van der Waals surface area contributed by atoms with Crippen LogP contribution in [0.3, 0.4) is 0 Å². The van der Waals surface area contributed by atoms with Gasteiger partial charge >= 0.3 is 0 Å². The summed E-state index contributed by atoms with van der Waals surface area (Å²) in [4.78, 5) is 28.0. The Morgan fingerprint density at radius 3 is 2.15 bits per heavy atom. The predicted octanol–water partition coefficient (Wildman–Crippen LogP) is 3.40. The SMILES string of the molecule is Cc1[nH]c(C2=CC(=O)c3ccccc3C2=O)c(C)c1C. The van der Waals surface area contributed by atoms with Crippen molar-refractivity contribution >= 4 is 17.1 Å². The van der Waals surface area contributed by atoms with E-state index in [0.29, 0.717) is 16.7 Å². The van der Waals surface area contributed by atoms with Crippen LogP contribution in [0.5, 0.6) is 0 Å². The maximum Gasteiger partial charge on any atom is 0.196 e. The fourth-order valence-electron chi connectivity index (χ4n) is 2.61. The number of aryl methyl sites for hydroxylation is 1. The van der Waals surface area contributed by atoms with Gasteiger partial charge in [-0.25, -0.2) is 0 Å².